The Morgan fingerprint density at radius 1 is 1.10 bits per heavy atom. The van der Waals surface area contributed by atoms with Crippen LogP contribution in [-0.4, -0.2) is 41.6 Å². The number of rotatable bonds is 2. The second-order valence-electron chi connectivity index (χ2n) is 8.62. The number of aromatic nitrogens is 1. The molecule has 5 nitrogen and oxygen atoms in total. The van der Waals surface area contributed by atoms with E-state index in [4.69, 9.17) is 0 Å². The number of benzene rings is 1. The minimum atomic E-state index is -4.47. The maximum atomic E-state index is 13.3. The highest BCUT2D eigenvalue weighted by atomic mass is 19.4. The predicted octanol–water partition coefficient (Wildman–Crippen LogP) is 5.14. The Labute approximate surface area is 174 Å². The Kier molecular flexibility index (Phi) is 5.97. The molecule has 0 spiro atoms. The first-order valence-electron chi connectivity index (χ1n) is 9.92. The zero-order valence-electron chi connectivity index (χ0n) is 17.6. The summed E-state index contributed by atoms with van der Waals surface area (Å²) in [6.45, 7) is 9.04. The Hall–Kier alpha value is -2.77. The molecule has 8 heteroatoms. The summed E-state index contributed by atoms with van der Waals surface area (Å²) < 4.78 is 39.9. The third-order valence-electron chi connectivity index (χ3n) is 5.28. The van der Waals surface area contributed by atoms with E-state index in [1.807, 2.05) is 31.2 Å². The van der Waals surface area contributed by atoms with Gasteiger partial charge in [0.25, 0.3) is 0 Å². The Morgan fingerprint density at radius 3 is 2.33 bits per heavy atom. The number of halogens is 3. The zero-order chi connectivity index (χ0) is 22.1. The van der Waals surface area contributed by atoms with Crippen LogP contribution in [0, 0.1) is 0 Å². The molecule has 2 heterocycles. The molecular formula is C22H27F3N4O. The monoisotopic (exact) mass is 420 g/mol. The minimum Gasteiger partial charge on any atom is -0.352 e. The number of hydrogen-bond donors (Lipinski definition) is 1. The average molecular weight is 420 g/mol. The lowest BCUT2D eigenvalue weighted by molar-refractivity contribution is -0.137. The molecule has 2 amide bonds. The normalized spacial score (nSPS) is 17.8. The molecule has 0 saturated carbocycles. The van der Waals surface area contributed by atoms with Crippen LogP contribution < -0.4 is 10.2 Å². The number of alkyl halides is 3. The largest absolute Gasteiger partial charge is 0.419 e. The van der Waals surface area contributed by atoms with Crippen LogP contribution in [0.3, 0.4) is 0 Å². The van der Waals surface area contributed by atoms with Crippen LogP contribution >= 0.6 is 0 Å². The van der Waals surface area contributed by atoms with Crippen molar-refractivity contribution in [1.29, 1.82) is 0 Å². The van der Waals surface area contributed by atoms with Crippen LogP contribution in [-0.2, 0) is 11.6 Å². The van der Waals surface area contributed by atoms with E-state index in [2.05, 4.69) is 31.1 Å². The standard InChI is InChI=1S/C22H27F3N4O/c1-15-14-28(19-18(22(23,24)25)6-5-11-26-19)12-13-29(15)20(30)27-17-9-7-16(8-10-17)21(2,3)4/h5-11,15H,12-14H2,1-4H3,(H,27,30)/t15-/m1/s1. The molecule has 1 saturated heterocycles. The molecule has 1 aliphatic heterocycles. The summed E-state index contributed by atoms with van der Waals surface area (Å²) in [5, 5.41) is 2.88. The fraction of sp³-hybridized carbons (Fsp3) is 0.455. The van der Waals surface area contributed by atoms with Crippen molar-refractivity contribution in [1.82, 2.24) is 9.88 Å². The number of piperazine rings is 1. The lowest BCUT2D eigenvalue weighted by Gasteiger charge is -2.40. The van der Waals surface area contributed by atoms with Crippen LogP contribution in [0.5, 0.6) is 0 Å². The topological polar surface area (TPSA) is 48.5 Å². The van der Waals surface area contributed by atoms with Gasteiger partial charge in [0.15, 0.2) is 0 Å². The fourth-order valence-corrected chi connectivity index (χ4v) is 3.57. The maximum absolute atomic E-state index is 13.3. The number of hydrogen-bond acceptors (Lipinski definition) is 3. The third kappa shape index (κ3) is 4.86. The van der Waals surface area contributed by atoms with E-state index in [1.54, 1.807) is 9.80 Å². The van der Waals surface area contributed by atoms with Crippen molar-refractivity contribution in [2.45, 2.75) is 45.3 Å². The van der Waals surface area contributed by atoms with Crippen LogP contribution in [0.1, 0.15) is 38.8 Å². The van der Waals surface area contributed by atoms with E-state index < -0.39 is 11.7 Å². The van der Waals surface area contributed by atoms with Gasteiger partial charge in [-0.1, -0.05) is 32.9 Å². The second kappa shape index (κ2) is 8.16. The summed E-state index contributed by atoms with van der Waals surface area (Å²) in [6.07, 6.45) is -3.11. The van der Waals surface area contributed by atoms with Gasteiger partial charge >= 0.3 is 12.2 Å². The lowest BCUT2D eigenvalue weighted by Crippen LogP contribution is -2.55. The highest BCUT2D eigenvalue weighted by Gasteiger charge is 2.37. The highest BCUT2D eigenvalue weighted by molar-refractivity contribution is 5.89. The molecule has 1 N–H and O–H groups in total. The summed E-state index contributed by atoms with van der Waals surface area (Å²) in [5.41, 5.74) is 1.12. The first kappa shape index (κ1) is 21.9. The van der Waals surface area contributed by atoms with E-state index in [-0.39, 0.29) is 36.4 Å². The molecule has 2 aromatic rings. The highest BCUT2D eigenvalue weighted by Crippen LogP contribution is 2.35. The summed E-state index contributed by atoms with van der Waals surface area (Å²) in [4.78, 5) is 19.9. The quantitative estimate of drug-likeness (QED) is 0.732. The van der Waals surface area contributed by atoms with Gasteiger partial charge in [0, 0.05) is 37.6 Å². The number of carbonyl (C=O) groups is 1. The minimum absolute atomic E-state index is 0.0219. The van der Waals surface area contributed by atoms with Crippen LogP contribution in [0.2, 0.25) is 0 Å². The van der Waals surface area contributed by atoms with Gasteiger partial charge < -0.3 is 15.1 Å². The van der Waals surface area contributed by atoms with Crippen molar-refractivity contribution in [2.75, 3.05) is 29.9 Å². The molecule has 1 atom stereocenters. The maximum Gasteiger partial charge on any atom is 0.419 e. The fourth-order valence-electron chi connectivity index (χ4n) is 3.57. The summed E-state index contributed by atoms with van der Waals surface area (Å²) >= 11 is 0. The van der Waals surface area contributed by atoms with Crippen molar-refractivity contribution in [3.8, 4) is 0 Å². The number of carbonyl (C=O) groups excluding carboxylic acids is 1. The van der Waals surface area contributed by atoms with Gasteiger partial charge in [-0.25, -0.2) is 9.78 Å². The van der Waals surface area contributed by atoms with Crippen LogP contribution in [0.15, 0.2) is 42.6 Å². The second-order valence-corrected chi connectivity index (χ2v) is 8.62. The molecule has 162 valence electrons. The van der Waals surface area contributed by atoms with Gasteiger partial charge in [-0.3, -0.25) is 0 Å². The molecular weight excluding hydrogens is 393 g/mol. The number of anilines is 2. The Balaban J connectivity index is 1.67. The molecule has 0 radical (unpaired) electrons. The number of amides is 2. The molecule has 30 heavy (non-hydrogen) atoms. The number of nitrogens with zero attached hydrogens (tertiary/aromatic N) is 3. The molecule has 0 aliphatic carbocycles. The van der Waals surface area contributed by atoms with Gasteiger partial charge in [-0.05, 0) is 42.2 Å². The van der Waals surface area contributed by atoms with E-state index >= 15 is 0 Å². The van der Waals surface area contributed by atoms with Crippen molar-refractivity contribution in [3.05, 3.63) is 53.7 Å². The molecule has 0 unspecified atom stereocenters. The first-order valence-corrected chi connectivity index (χ1v) is 9.92. The predicted molar refractivity (Wildman–Crippen MR) is 112 cm³/mol. The van der Waals surface area contributed by atoms with Crippen LogP contribution in [0.4, 0.5) is 29.5 Å². The van der Waals surface area contributed by atoms with E-state index in [0.717, 1.165) is 6.07 Å². The summed E-state index contributed by atoms with van der Waals surface area (Å²) in [6, 6.07) is 9.48. The van der Waals surface area contributed by atoms with Gasteiger partial charge in [0.1, 0.15) is 5.82 Å². The third-order valence-corrected chi connectivity index (χ3v) is 5.28. The Morgan fingerprint density at radius 2 is 1.77 bits per heavy atom. The summed E-state index contributed by atoms with van der Waals surface area (Å²) in [5.74, 6) is -0.0883. The van der Waals surface area contributed by atoms with E-state index in [0.29, 0.717) is 12.2 Å². The number of nitrogens with one attached hydrogen (secondary N) is 1. The zero-order valence-corrected chi connectivity index (χ0v) is 17.6. The number of urea groups is 1. The Bertz CT molecular complexity index is 890. The number of pyridine rings is 1. The molecule has 1 aliphatic rings. The SMILES string of the molecule is C[C@@H]1CN(c2ncccc2C(F)(F)F)CCN1C(=O)Nc1ccc(C(C)(C)C)cc1. The van der Waals surface area contributed by atoms with Crippen molar-refractivity contribution in [3.63, 3.8) is 0 Å². The molecule has 1 aromatic carbocycles. The van der Waals surface area contributed by atoms with E-state index in [9.17, 15) is 18.0 Å². The van der Waals surface area contributed by atoms with Crippen molar-refractivity contribution >= 4 is 17.5 Å². The van der Waals surface area contributed by atoms with Crippen molar-refractivity contribution < 1.29 is 18.0 Å². The average Bonchev–Trinajstić information content (AvgIpc) is 2.67. The first-order chi connectivity index (χ1) is 14.0. The molecule has 1 fully saturated rings. The molecule has 0 bridgehead atoms. The van der Waals surface area contributed by atoms with Crippen LogP contribution in [0.25, 0.3) is 0 Å². The van der Waals surface area contributed by atoms with Crippen molar-refractivity contribution in [2.24, 2.45) is 0 Å². The van der Waals surface area contributed by atoms with E-state index in [1.165, 1.54) is 17.8 Å². The van der Waals surface area contributed by atoms with Gasteiger partial charge in [0.2, 0.25) is 0 Å². The van der Waals surface area contributed by atoms with Gasteiger partial charge in [-0.2, -0.15) is 13.2 Å². The smallest absolute Gasteiger partial charge is 0.352 e. The lowest BCUT2D eigenvalue weighted by atomic mass is 9.87. The molecule has 3 rings (SSSR count). The molecule has 1 aromatic heterocycles. The van der Waals surface area contributed by atoms with Gasteiger partial charge in [0.05, 0.1) is 5.56 Å². The van der Waals surface area contributed by atoms with Gasteiger partial charge in [-0.15, -0.1) is 0 Å². The summed E-state index contributed by atoms with van der Waals surface area (Å²) in [7, 11) is 0.